The third-order valence-corrected chi connectivity index (χ3v) is 2.45. The lowest BCUT2D eigenvalue weighted by Crippen LogP contribution is -2.30. The van der Waals surface area contributed by atoms with Crippen LogP contribution in [0, 0.1) is 6.92 Å². The largest absolute Gasteiger partial charge is 0.492 e. The molecule has 1 rings (SSSR count). The average Bonchev–Trinajstić information content (AvgIpc) is 2.19. The van der Waals surface area contributed by atoms with Crippen LogP contribution in [0.4, 0.5) is 0 Å². The SMILES string of the molecule is Cc1cc(OCC(N)CC(=O)O)ccc1Cl. The molecule has 0 fully saturated rings. The number of hydrogen-bond acceptors (Lipinski definition) is 3. The molecule has 0 aliphatic heterocycles. The molecule has 0 heterocycles. The molecular weight excluding hydrogens is 230 g/mol. The molecule has 3 N–H and O–H groups in total. The van der Waals surface area contributed by atoms with Crippen molar-refractivity contribution in [3.63, 3.8) is 0 Å². The number of carboxylic acid groups (broad SMARTS) is 1. The van der Waals surface area contributed by atoms with Gasteiger partial charge in [0.15, 0.2) is 0 Å². The molecule has 1 aromatic carbocycles. The number of carboxylic acids is 1. The summed E-state index contributed by atoms with van der Waals surface area (Å²) in [5, 5.41) is 9.18. The van der Waals surface area contributed by atoms with Gasteiger partial charge in [0.05, 0.1) is 6.42 Å². The first-order valence-electron chi connectivity index (χ1n) is 4.85. The molecule has 88 valence electrons. The van der Waals surface area contributed by atoms with Crippen LogP contribution in [0.15, 0.2) is 18.2 Å². The van der Waals surface area contributed by atoms with Gasteiger partial charge in [-0.15, -0.1) is 0 Å². The zero-order chi connectivity index (χ0) is 12.1. The molecule has 0 aliphatic rings. The molecule has 0 amide bonds. The Morgan fingerprint density at radius 1 is 1.62 bits per heavy atom. The summed E-state index contributed by atoms with van der Waals surface area (Å²) in [6.45, 7) is 2.04. The Morgan fingerprint density at radius 3 is 2.88 bits per heavy atom. The zero-order valence-electron chi connectivity index (χ0n) is 8.94. The summed E-state index contributed by atoms with van der Waals surface area (Å²) in [4.78, 5) is 10.4. The second-order valence-corrected chi connectivity index (χ2v) is 3.99. The van der Waals surface area contributed by atoms with E-state index in [0.29, 0.717) is 10.8 Å². The van der Waals surface area contributed by atoms with Gasteiger partial charge >= 0.3 is 5.97 Å². The van der Waals surface area contributed by atoms with Gasteiger partial charge in [-0.05, 0) is 30.7 Å². The second-order valence-electron chi connectivity index (χ2n) is 3.58. The average molecular weight is 244 g/mol. The first kappa shape index (κ1) is 12.8. The van der Waals surface area contributed by atoms with Gasteiger partial charge in [0, 0.05) is 11.1 Å². The fraction of sp³-hybridized carbons (Fsp3) is 0.364. The quantitative estimate of drug-likeness (QED) is 0.828. The smallest absolute Gasteiger partial charge is 0.305 e. The maximum atomic E-state index is 10.4. The van der Waals surface area contributed by atoms with Crippen LogP contribution in [-0.2, 0) is 4.79 Å². The highest BCUT2D eigenvalue weighted by Crippen LogP contribution is 2.21. The molecular formula is C11H14ClNO3. The summed E-state index contributed by atoms with van der Waals surface area (Å²) in [7, 11) is 0. The summed E-state index contributed by atoms with van der Waals surface area (Å²) < 4.78 is 5.36. The van der Waals surface area contributed by atoms with Crippen molar-refractivity contribution in [2.24, 2.45) is 5.73 Å². The van der Waals surface area contributed by atoms with Crippen molar-refractivity contribution >= 4 is 17.6 Å². The molecule has 0 saturated heterocycles. The molecule has 0 spiro atoms. The molecule has 1 atom stereocenters. The lowest BCUT2D eigenvalue weighted by molar-refractivity contribution is -0.137. The highest BCUT2D eigenvalue weighted by atomic mass is 35.5. The van der Waals surface area contributed by atoms with Gasteiger partial charge in [0.25, 0.3) is 0 Å². The number of rotatable bonds is 5. The van der Waals surface area contributed by atoms with E-state index in [1.165, 1.54) is 0 Å². The van der Waals surface area contributed by atoms with E-state index >= 15 is 0 Å². The minimum atomic E-state index is -0.927. The maximum Gasteiger partial charge on any atom is 0.305 e. The van der Waals surface area contributed by atoms with Crippen LogP contribution < -0.4 is 10.5 Å². The predicted molar refractivity (Wildman–Crippen MR) is 61.9 cm³/mol. The monoisotopic (exact) mass is 243 g/mol. The minimum Gasteiger partial charge on any atom is -0.492 e. The molecule has 0 aliphatic carbocycles. The van der Waals surface area contributed by atoms with Crippen molar-refractivity contribution in [1.29, 1.82) is 0 Å². The van der Waals surface area contributed by atoms with Gasteiger partial charge < -0.3 is 15.6 Å². The van der Waals surface area contributed by atoms with E-state index in [1.807, 2.05) is 6.92 Å². The first-order valence-corrected chi connectivity index (χ1v) is 5.23. The molecule has 1 aromatic rings. The topological polar surface area (TPSA) is 72.5 Å². The van der Waals surface area contributed by atoms with Crippen LogP contribution in [0.25, 0.3) is 0 Å². The highest BCUT2D eigenvalue weighted by molar-refractivity contribution is 6.31. The van der Waals surface area contributed by atoms with Crippen LogP contribution >= 0.6 is 11.6 Å². The number of benzene rings is 1. The van der Waals surface area contributed by atoms with Crippen LogP contribution in [0.1, 0.15) is 12.0 Å². The van der Waals surface area contributed by atoms with Crippen molar-refractivity contribution in [2.75, 3.05) is 6.61 Å². The first-order chi connectivity index (χ1) is 7.49. The van der Waals surface area contributed by atoms with E-state index in [2.05, 4.69) is 0 Å². The molecule has 0 aromatic heterocycles. The number of aliphatic carboxylic acids is 1. The molecule has 5 heteroatoms. The van der Waals surface area contributed by atoms with Crippen molar-refractivity contribution in [2.45, 2.75) is 19.4 Å². The summed E-state index contributed by atoms with van der Waals surface area (Å²) >= 11 is 5.85. The van der Waals surface area contributed by atoms with E-state index in [1.54, 1.807) is 18.2 Å². The Labute approximate surface area is 99.0 Å². The third-order valence-electron chi connectivity index (χ3n) is 2.03. The molecule has 16 heavy (non-hydrogen) atoms. The number of ether oxygens (including phenoxy) is 1. The zero-order valence-corrected chi connectivity index (χ0v) is 9.70. The molecule has 4 nitrogen and oxygen atoms in total. The van der Waals surface area contributed by atoms with Gasteiger partial charge in [-0.2, -0.15) is 0 Å². The second kappa shape index (κ2) is 5.72. The Morgan fingerprint density at radius 2 is 2.31 bits per heavy atom. The van der Waals surface area contributed by atoms with Crippen LogP contribution in [0.3, 0.4) is 0 Å². The summed E-state index contributed by atoms with van der Waals surface area (Å²) in [5.74, 6) is -0.286. The normalized spacial score (nSPS) is 12.2. The number of carbonyl (C=O) groups is 1. The maximum absolute atomic E-state index is 10.4. The number of aryl methyl sites for hydroxylation is 1. The predicted octanol–water partition coefficient (Wildman–Crippen LogP) is 1.83. The van der Waals surface area contributed by atoms with Gasteiger partial charge in [-0.3, -0.25) is 4.79 Å². The molecule has 0 saturated carbocycles. The van der Waals surface area contributed by atoms with E-state index in [4.69, 9.17) is 27.2 Å². The Balaban J connectivity index is 2.48. The van der Waals surface area contributed by atoms with E-state index in [-0.39, 0.29) is 13.0 Å². The lowest BCUT2D eigenvalue weighted by Gasteiger charge is -2.11. The molecule has 0 bridgehead atoms. The van der Waals surface area contributed by atoms with Gasteiger partial charge in [-0.1, -0.05) is 11.6 Å². The molecule has 0 radical (unpaired) electrons. The Hall–Kier alpha value is -1.26. The Kier molecular flexibility index (Phi) is 4.58. The fourth-order valence-electron chi connectivity index (χ4n) is 1.19. The summed E-state index contributed by atoms with van der Waals surface area (Å²) in [6.07, 6.45) is -0.105. The van der Waals surface area contributed by atoms with Gasteiger partial charge in [0.2, 0.25) is 0 Å². The van der Waals surface area contributed by atoms with Crippen molar-refractivity contribution in [3.05, 3.63) is 28.8 Å². The van der Waals surface area contributed by atoms with Gasteiger partial charge in [0.1, 0.15) is 12.4 Å². The highest BCUT2D eigenvalue weighted by Gasteiger charge is 2.08. The third kappa shape index (κ3) is 4.08. The van der Waals surface area contributed by atoms with Crippen LogP contribution in [0.5, 0.6) is 5.75 Å². The van der Waals surface area contributed by atoms with Crippen LogP contribution in [0.2, 0.25) is 5.02 Å². The lowest BCUT2D eigenvalue weighted by atomic mass is 10.2. The number of hydrogen-bond donors (Lipinski definition) is 2. The van der Waals surface area contributed by atoms with Crippen molar-refractivity contribution < 1.29 is 14.6 Å². The summed E-state index contributed by atoms with van der Waals surface area (Å²) in [5.41, 5.74) is 6.47. The number of nitrogens with two attached hydrogens (primary N) is 1. The van der Waals surface area contributed by atoms with Crippen molar-refractivity contribution in [1.82, 2.24) is 0 Å². The minimum absolute atomic E-state index is 0.105. The van der Waals surface area contributed by atoms with E-state index < -0.39 is 12.0 Å². The van der Waals surface area contributed by atoms with Crippen LogP contribution in [-0.4, -0.2) is 23.7 Å². The van der Waals surface area contributed by atoms with Crippen molar-refractivity contribution in [3.8, 4) is 5.75 Å². The Bertz CT molecular complexity index is 381. The molecule has 1 unspecified atom stereocenters. The standard InChI is InChI=1S/C11H14ClNO3/c1-7-4-9(2-3-10(7)12)16-6-8(13)5-11(14)15/h2-4,8H,5-6,13H2,1H3,(H,14,15). The number of halogens is 1. The van der Waals surface area contributed by atoms with E-state index in [9.17, 15) is 4.79 Å². The fourth-order valence-corrected chi connectivity index (χ4v) is 1.31. The summed E-state index contributed by atoms with van der Waals surface area (Å²) in [6, 6.07) is 4.74. The van der Waals surface area contributed by atoms with E-state index in [0.717, 1.165) is 5.56 Å². The van der Waals surface area contributed by atoms with Gasteiger partial charge in [-0.25, -0.2) is 0 Å².